The molecule has 512 valence electrons. The third-order valence-corrected chi connectivity index (χ3v) is 17.9. The van der Waals surface area contributed by atoms with E-state index in [-0.39, 0.29) is 5.41 Å². The molecule has 100 heavy (non-hydrogen) atoms. The average molecular weight is 1360 g/mol. The van der Waals surface area contributed by atoms with Gasteiger partial charge in [-0.25, -0.2) is 0 Å². The number of aryl methyl sites for hydroxylation is 1. The molecule has 0 aromatic heterocycles. The molecule has 0 radical (unpaired) electrons. The maximum absolute atomic E-state index is 5.79. The van der Waals surface area contributed by atoms with Gasteiger partial charge in [0, 0.05) is 22.6 Å². The van der Waals surface area contributed by atoms with E-state index in [2.05, 4.69) is 103 Å². The van der Waals surface area contributed by atoms with Crippen molar-refractivity contribution in [1.29, 1.82) is 0 Å². The lowest BCUT2D eigenvalue weighted by molar-refractivity contribution is 0.400. The highest BCUT2D eigenvalue weighted by molar-refractivity contribution is 7.99. The van der Waals surface area contributed by atoms with Crippen LogP contribution in [0, 0.1) is 6.92 Å². The third kappa shape index (κ3) is 18.4. The molecule has 1 aliphatic rings. The van der Waals surface area contributed by atoms with Crippen LogP contribution in [0.5, 0.6) is 74.7 Å². The Morgan fingerprint density at radius 2 is 0.570 bits per heavy atom. The number of rotatable bonds is 21. The lowest BCUT2D eigenvalue weighted by Gasteiger charge is -2.34. The molecule has 12 aromatic carbocycles. The normalized spacial score (nSPS) is 11.0. The highest BCUT2D eigenvalue weighted by Crippen LogP contribution is 2.56. The molecule has 0 bridgehead atoms. The van der Waals surface area contributed by atoms with E-state index < -0.39 is 0 Å². The lowest BCUT2D eigenvalue weighted by Crippen LogP contribution is -2.28. The number of hydrogen-bond donors (Lipinski definition) is 0. The smallest absolute Gasteiger partial charge is 0.127 e. The maximum Gasteiger partial charge on any atom is 0.127 e. The summed E-state index contributed by atoms with van der Waals surface area (Å²) in [6.45, 7) is 1.99. The van der Waals surface area contributed by atoms with Gasteiger partial charge in [0.1, 0.15) is 74.7 Å². The molecule has 0 N–H and O–H groups in total. The highest BCUT2D eigenvalue weighted by atomic mass is 32.2. The van der Waals surface area contributed by atoms with Crippen LogP contribution in [-0.4, -0.2) is 78.2 Å². The van der Waals surface area contributed by atoms with Crippen LogP contribution in [0.2, 0.25) is 0 Å². The summed E-state index contributed by atoms with van der Waals surface area (Å²) < 4.78 is 63.8. The molecule has 0 amide bonds. The summed E-state index contributed by atoms with van der Waals surface area (Å²) in [5.41, 5.74) is 12.9. The van der Waals surface area contributed by atoms with Crippen molar-refractivity contribution in [2.45, 2.75) is 35.0 Å². The van der Waals surface area contributed by atoms with Crippen molar-refractivity contribution in [3.63, 3.8) is 0 Å². The summed E-state index contributed by atoms with van der Waals surface area (Å²) in [7, 11) is 18.5. The summed E-state index contributed by atoms with van der Waals surface area (Å²) in [6.07, 6.45) is 1.51. The Morgan fingerprint density at radius 1 is 0.260 bits per heavy atom. The minimum Gasteiger partial charge on any atom is -0.497 e. The average Bonchev–Trinajstić information content (AvgIpc) is 1.61. The molecule has 0 atom stereocenters. The molecule has 0 saturated carbocycles. The maximum atomic E-state index is 5.79. The molecule has 1 aliphatic carbocycles. The Labute approximate surface area is 593 Å². The van der Waals surface area contributed by atoms with Crippen LogP contribution >= 0.6 is 11.8 Å². The van der Waals surface area contributed by atoms with E-state index in [1.54, 1.807) is 90.0 Å². The number of methoxy groups -OCH3 is 11. The third-order valence-electron chi connectivity index (χ3n) is 16.8. The van der Waals surface area contributed by atoms with Crippen molar-refractivity contribution in [3.8, 4) is 85.9 Å². The molecule has 0 aliphatic heterocycles. The van der Waals surface area contributed by atoms with E-state index in [1.165, 1.54) is 43.2 Å². The zero-order valence-electron chi connectivity index (χ0n) is 58.8. The lowest BCUT2D eigenvalue weighted by atomic mass is 9.68. The predicted octanol–water partition coefficient (Wildman–Crippen LogP) is 20.3. The van der Waals surface area contributed by atoms with Crippen molar-refractivity contribution in [2.75, 3.05) is 78.2 Å². The van der Waals surface area contributed by atoms with Crippen molar-refractivity contribution in [3.05, 3.63) is 329 Å². The molecule has 0 unspecified atom stereocenters. The van der Waals surface area contributed by atoms with Gasteiger partial charge in [0.05, 0.1) is 83.6 Å². The Bertz CT molecular complexity index is 4120. The molecule has 13 heteroatoms. The Morgan fingerprint density at radius 3 is 0.920 bits per heavy atom. The van der Waals surface area contributed by atoms with Crippen molar-refractivity contribution < 1.29 is 56.8 Å². The minimum absolute atomic E-state index is 0.383. The van der Waals surface area contributed by atoms with Crippen molar-refractivity contribution in [2.24, 2.45) is 0 Å². The first-order chi connectivity index (χ1) is 48.9. The van der Waals surface area contributed by atoms with Crippen LogP contribution in [0.15, 0.2) is 289 Å². The second-order valence-electron chi connectivity index (χ2n) is 22.6. The first-order valence-corrected chi connectivity index (χ1v) is 33.3. The summed E-state index contributed by atoms with van der Waals surface area (Å²) in [5.74, 6) is 11.1. The van der Waals surface area contributed by atoms with Gasteiger partial charge in [0.25, 0.3) is 0 Å². The van der Waals surface area contributed by atoms with E-state index in [1.807, 2.05) is 183 Å². The number of benzene rings is 12. The Balaban J connectivity index is 0.000000151. The monoisotopic (exact) mass is 1350 g/mol. The van der Waals surface area contributed by atoms with E-state index >= 15 is 0 Å². The fourth-order valence-electron chi connectivity index (χ4n) is 11.8. The first kappa shape index (κ1) is 72.8. The van der Waals surface area contributed by atoms with Gasteiger partial charge in [-0.15, -0.1) is 0 Å². The van der Waals surface area contributed by atoms with Crippen LogP contribution in [0.1, 0.15) is 50.1 Å². The van der Waals surface area contributed by atoms with Crippen LogP contribution in [-0.2, 0) is 18.3 Å². The summed E-state index contributed by atoms with van der Waals surface area (Å²) in [5, 5.41) is 0. The van der Waals surface area contributed by atoms with E-state index in [9.17, 15) is 0 Å². The zero-order valence-corrected chi connectivity index (χ0v) is 59.6. The van der Waals surface area contributed by atoms with Crippen molar-refractivity contribution in [1.82, 2.24) is 0 Å². The van der Waals surface area contributed by atoms with Crippen molar-refractivity contribution >= 4 is 11.8 Å². The van der Waals surface area contributed by atoms with Crippen LogP contribution in [0.4, 0.5) is 0 Å². The zero-order chi connectivity index (χ0) is 70.6. The van der Waals surface area contributed by atoms with E-state index in [4.69, 9.17) is 56.8 Å². The predicted molar refractivity (Wildman–Crippen MR) is 402 cm³/mol. The SMILES string of the molecule is COc1ccc(C2(c3ccc(OC)cc3)c3ccccc3-c3ccccc32)cc1.COc1ccc(OC)c(C)c1.COc1ccc(Oc2ccc(OC)cc2)cc1.COc1ccc(Sc2ccc(OC)cc2)cc1.COc1ccccc1Cc1cccc(Cc2ccccc2OC)c1OC. The van der Waals surface area contributed by atoms with Gasteiger partial charge in [-0.1, -0.05) is 139 Å². The molecular formula is C87H86O12S. The summed E-state index contributed by atoms with van der Waals surface area (Å²) >= 11 is 1.71. The van der Waals surface area contributed by atoms with E-state index in [0.717, 1.165) is 115 Å². The fourth-order valence-corrected chi connectivity index (χ4v) is 12.6. The molecular weight excluding hydrogens is 1270 g/mol. The number of para-hydroxylation sites is 3. The van der Waals surface area contributed by atoms with E-state index in [0.29, 0.717) is 0 Å². The Kier molecular flexibility index (Phi) is 26.8. The first-order valence-electron chi connectivity index (χ1n) is 32.4. The molecule has 12 aromatic rings. The van der Waals surface area contributed by atoms with Gasteiger partial charge in [0.2, 0.25) is 0 Å². The number of hydrogen-bond acceptors (Lipinski definition) is 13. The summed E-state index contributed by atoms with van der Waals surface area (Å²) in [6, 6.07) is 93.5. The molecule has 0 saturated heterocycles. The standard InChI is InChI=1S/C27H22O2.C23H24O3.C14H14O3.C14H14O2S.C9H12O2/c1-28-21-15-11-19(12-16-21)27(20-13-17-22(29-2)18-14-20)25-9-5-3-7-23(25)24-8-4-6-10-26(24)27;1-24-21-13-6-4-9-17(21)15-19-11-8-12-20(23(19)26-3)16-18-10-5-7-14-22(18)25-2;2*1-15-11-3-7-13(8-4-11)17-14-9-5-12(16-2)6-10-14;1-7-6-8(10-2)4-5-9(7)11-3/h3-18H,1-2H3;4-14H,15-16H2,1-3H3;2*3-10H,1-2H3;4-6H,1-3H3. The number of fused-ring (bicyclic) bond motifs is 3. The summed E-state index contributed by atoms with van der Waals surface area (Å²) in [4.78, 5) is 2.38. The highest BCUT2D eigenvalue weighted by Gasteiger charge is 2.46. The van der Waals surface area contributed by atoms with Gasteiger partial charge >= 0.3 is 0 Å². The second kappa shape index (κ2) is 36.8. The minimum atomic E-state index is -0.383. The quantitative estimate of drug-likeness (QED) is 0.0681. The fraction of sp³-hybridized carbons (Fsp3) is 0.172. The molecule has 0 heterocycles. The molecule has 0 fully saturated rings. The second-order valence-corrected chi connectivity index (χ2v) is 23.8. The van der Waals surface area contributed by atoms with Gasteiger partial charge in [0.15, 0.2) is 0 Å². The van der Waals surface area contributed by atoms with Gasteiger partial charge in [-0.3, -0.25) is 0 Å². The molecule has 0 spiro atoms. The van der Waals surface area contributed by atoms with Crippen LogP contribution < -0.4 is 56.8 Å². The van der Waals surface area contributed by atoms with Gasteiger partial charge in [-0.2, -0.15) is 0 Å². The van der Waals surface area contributed by atoms with Gasteiger partial charge in [-0.05, 0) is 220 Å². The van der Waals surface area contributed by atoms with Crippen LogP contribution in [0.3, 0.4) is 0 Å². The Hall–Kier alpha value is -11.4. The topological polar surface area (TPSA) is 111 Å². The molecule has 12 nitrogen and oxygen atoms in total. The van der Waals surface area contributed by atoms with Gasteiger partial charge < -0.3 is 56.8 Å². The number of ether oxygens (including phenoxy) is 12. The molecule has 13 rings (SSSR count). The van der Waals surface area contributed by atoms with Crippen LogP contribution in [0.25, 0.3) is 11.1 Å². The largest absolute Gasteiger partial charge is 0.497 e.